The number of thiol groups is 1. The standard InChI is InChI=1S/C18H15NS/c1-2-6-16-11-14(9-10-15(16)5-1)12-20-13-19-17-7-3-4-8-18(17)20/h1-11,13,20H,12H2. The Hall–Kier alpha value is -2.06. The minimum absolute atomic E-state index is 0.284. The Balaban J connectivity index is 1.67. The van der Waals surface area contributed by atoms with Gasteiger partial charge in [0.1, 0.15) is 0 Å². The molecule has 4 rings (SSSR count). The first-order chi connectivity index (χ1) is 9.90. The lowest BCUT2D eigenvalue weighted by Gasteiger charge is -2.14. The van der Waals surface area contributed by atoms with Crippen molar-refractivity contribution in [1.29, 1.82) is 0 Å². The minimum atomic E-state index is -0.284. The lowest BCUT2D eigenvalue weighted by atomic mass is 10.1. The second-order valence-electron chi connectivity index (χ2n) is 5.04. The molecule has 0 radical (unpaired) electrons. The van der Waals surface area contributed by atoms with Gasteiger partial charge >= 0.3 is 0 Å². The Morgan fingerprint density at radius 1 is 0.800 bits per heavy atom. The number of hydrogen-bond donors (Lipinski definition) is 1. The summed E-state index contributed by atoms with van der Waals surface area (Å²) in [5.74, 6) is 1.08. The molecule has 1 unspecified atom stereocenters. The van der Waals surface area contributed by atoms with Crippen LogP contribution in [-0.4, -0.2) is 5.55 Å². The summed E-state index contributed by atoms with van der Waals surface area (Å²) in [7, 11) is -0.284. The lowest BCUT2D eigenvalue weighted by Crippen LogP contribution is -1.88. The van der Waals surface area contributed by atoms with E-state index < -0.39 is 0 Å². The third kappa shape index (κ3) is 2.02. The van der Waals surface area contributed by atoms with Crippen LogP contribution in [0.3, 0.4) is 0 Å². The van der Waals surface area contributed by atoms with Crippen molar-refractivity contribution >= 4 is 32.9 Å². The Bertz CT molecular complexity index is 807. The number of benzene rings is 3. The molecule has 0 aliphatic carbocycles. The van der Waals surface area contributed by atoms with Gasteiger partial charge in [0, 0.05) is 16.2 Å². The maximum absolute atomic E-state index is 4.54. The molecule has 0 saturated carbocycles. The summed E-state index contributed by atoms with van der Waals surface area (Å²) in [6.07, 6.45) is 0. The number of para-hydroxylation sites is 1. The van der Waals surface area contributed by atoms with Crippen LogP contribution in [0, 0.1) is 0 Å². The van der Waals surface area contributed by atoms with Gasteiger partial charge in [-0.05, 0) is 28.5 Å². The van der Waals surface area contributed by atoms with Crippen molar-refractivity contribution in [3.63, 3.8) is 0 Å². The lowest BCUT2D eigenvalue weighted by molar-refractivity contribution is 1.37. The minimum Gasteiger partial charge on any atom is -0.250 e. The molecule has 0 amide bonds. The maximum atomic E-state index is 4.54. The van der Waals surface area contributed by atoms with Crippen molar-refractivity contribution in [3.05, 3.63) is 72.3 Å². The van der Waals surface area contributed by atoms with Crippen LogP contribution in [0.1, 0.15) is 5.56 Å². The first kappa shape index (κ1) is 11.7. The monoisotopic (exact) mass is 277 g/mol. The smallest absolute Gasteiger partial charge is 0.0757 e. The molecule has 0 fully saturated rings. The van der Waals surface area contributed by atoms with Gasteiger partial charge in [-0.25, -0.2) is 0 Å². The van der Waals surface area contributed by atoms with E-state index in [0.717, 1.165) is 11.4 Å². The molecular weight excluding hydrogens is 262 g/mol. The van der Waals surface area contributed by atoms with E-state index in [1.54, 1.807) is 0 Å². The topological polar surface area (TPSA) is 12.4 Å². The predicted octanol–water partition coefficient (Wildman–Crippen LogP) is 5.07. The van der Waals surface area contributed by atoms with Crippen molar-refractivity contribution in [1.82, 2.24) is 0 Å². The summed E-state index contributed by atoms with van der Waals surface area (Å²) in [5.41, 5.74) is 4.70. The molecule has 3 aromatic rings. The Morgan fingerprint density at radius 3 is 2.55 bits per heavy atom. The average molecular weight is 277 g/mol. The summed E-state index contributed by atoms with van der Waals surface area (Å²) in [6, 6.07) is 23.8. The molecule has 3 aromatic carbocycles. The van der Waals surface area contributed by atoms with Crippen LogP contribution in [0.2, 0.25) is 0 Å². The molecule has 0 spiro atoms. The molecule has 0 N–H and O–H groups in total. The van der Waals surface area contributed by atoms with E-state index in [0.29, 0.717) is 0 Å². The highest BCUT2D eigenvalue weighted by molar-refractivity contribution is 8.28. The van der Waals surface area contributed by atoms with Gasteiger partial charge in [-0.1, -0.05) is 54.6 Å². The van der Waals surface area contributed by atoms with Gasteiger partial charge in [0.2, 0.25) is 0 Å². The molecule has 1 atom stereocenters. The first-order valence-electron chi connectivity index (χ1n) is 6.78. The number of hydrogen-bond acceptors (Lipinski definition) is 1. The van der Waals surface area contributed by atoms with Crippen LogP contribution >= 0.6 is 10.9 Å². The van der Waals surface area contributed by atoms with Crippen LogP contribution in [-0.2, 0) is 5.75 Å². The number of rotatable bonds is 2. The van der Waals surface area contributed by atoms with E-state index in [1.807, 2.05) is 0 Å². The summed E-state index contributed by atoms with van der Waals surface area (Å²) < 4.78 is 0. The van der Waals surface area contributed by atoms with Gasteiger partial charge in [-0.3, -0.25) is 4.99 Å². The molecule has 2 heteroatoms. The van der Waals surface area contributed by atoms with Gasteiger partial charge in [0.05, 0.1) is 5.69 Å². The molecule has 1 nitrogen and oxygen atoms in total. The maximum Gasteiger partial charge on any atom is 0.0757 e. The molecule has 1 aliphatic heterocycles. The van der Waals surface area contributed by atoms with E-state index >= 15 is 0 Å². The fourth-order valence-corrected chi connectivity index (χ4v) is 4.60. The van der Waals surface area contributed by atoms with Crippen molar-refractivity contribution in [2.75, 3.05) is 0 Å². The molecule has 1 heterocycles. The van der Waals surface area contributed by atoms with Gasteiger partial charge in [0.25, 0.3) is 0 Å². The van der Waals surface area contributed by atoms with Crippen molar-refractivity contribution in [2.45, 2.75) is 10.6 Å². The number of aliphatic imine (C=N–C) groups is 1. The number of fused-ring (bicyclic) bond motifs is 2. The molecule has 20 heavy (non-hydrogen) atoms. The second-order valence-corrected chi connectivity index (χ2v) is 7.01. The molecular formula is C18H15NS. The average Bonchev–Trinajstić information content (AvgIpc) is 2.91. The van der Waals surface area contributed by atoms with E-state index in [2.05, 4.69) is 77.3 Å². The van der Waals surface area contributed by atoms with E-state index in [-0.39, 0.29) is 10.9 Å². The molecule has 0 bridgehead atoms. The second kappa shape index (κ2) is 4.80. The van der Waals surface area contributed by atoms with Crippen molar-refractivity contribution < 1.29 is 0 Å². The summed E-state index contributed by atoms with van der Waals surface area (Å²) in [4.78, 5) is 5.96. The predicted molar refractivity (Wildman–Crippen MR) is 89.5 cm³/mol. The van der Waals surface area contributed by atoms with E-state index in [9.17, 15) is 0 Å². The van der Waals surface area contributed by atoms with Crippen molar-refractivity contribution in [2.24, 2.45) is 4.99 Å². The van der Waals surface area contributed by atoms with Crippen LogP contribution in [0.25, 0.3) is 10.8 Å². The Labute approximate surface area is 121 Å². The van der Waals surface area contributed by atoms with E-state index in [4.69, 9.17) is 0 Å². The van der Waals surface area contributed by atoms with Gasteiger partial charge < -0.3 is 0 Å². The molecule has 98 valence electrons. The van der Waals surface area contributed by atoms with Gasteiger partial charge in [0.15, 0.2) is 0 Å². The zero-order valence-electron chi connectivity index (χ0n) is 11.0. The van der Waals surface area contributed by atoms with Crippen molar-refractivity contribution in [3.8, 4) is 0 Å². The third-order valence-corrected chi connectivity index (χ3v) is 5.79. The van der Waals surface area contributed by atoms with Crippen LogP contribution < -0.4 is 0 Å². The van der Waals surface area contributed by atoms with Crippen LogP contribution in [0.4, 0.5) is 5.69 Å². The largest absolute Gasteiger partial charge is 0.250 e. The Morgan fingerprint density at radius 2 is 1.60 bits per heavy atom. The first-order valence-corrected chi connectivity index (χ1v) is 8.37. The zero-order valence-corrected chi connectivity index (χ0v) is 11.9. The molecule has 1 aliphatic rings. The molecule has 0 aromatic heterocycles. The highest BCUT2D eigenvalue weighted by Gasteiger charge is 2.15. The quantitative estimate of drug-likeness (QED) is 0.628. The Kier molecular flexibility index (Phi) is 2.82. The van der Waals surface area contributed by atoms with Gasteiger partial charge in [-0.2, -0.15) is 10.9 Å². The summed E-state index contributed by atoms with van der Waals surface area (Å²) in [6.45, 7) is 0. The fraction of sp³-hybridized carbons (Fsp3) is 0.0556. The van der Waals surface area contributed by atoms with E-state index in [1.165, 1.54) is 21.2 Å². The van der Waals surface area contributed by atoms with Crippen LogP contribution in [0.5, 0.6) is 0 Å². The molecule has 0 saturated heterocycles. The van der Waals surface area contributed by atoms with Crippen LogP contribution in [0.15, 0.2) is 76.6 Å². The summed E-state index contributed by atoms with van der Waals surface area (Å²) in [5, 5.41) is 2.63. The highest BCUT2D eigenvalue weighted by Crippen LogP contribution is 2.47. The SMILES string of the molecule is C1=Nc2ccccc2[SH]1Cc1ccc2ccccc2c1. The highest BCUT2D eigenvalue weighted by atomic mass is 32.2. The fourth-order valence-electron chi connectivity index (χ4n) is 2.67. The zero-order chi connectivity index (χ0) is 13.4. The normalized spacial score (nSPS) is 18.3. The van der Waals surface area contributed by atoms with Gasteiger partial charge in [-0.15, -0.1) is 0 Å². The third-order valence-electron chi connectivity index (χ3n) is 3.69. The number of nitrogens with zero attached hydrogens (tertiary/aromatic N) is 1. The summed E-state index contributed by atoms with van der Waals surface area (Å²) >= 11 is 0.